The summed E-state index contributed by atoms with van der Waals surface area (Å²) in [6, 6.07) is 19.9. The summed E-state index contributed by atoms with van der Waals surface area (Å²) in [5.74, 6) is -0.882. The van der Waals surface area contributed by atoms with Crippen LogP contribution < -0.4 is 4.74 Å². The van der Waals surface area contributed by atoms with Crippen molar-refractivity contribution in [1.29, 1.82) is 0 Å². The zero-order valence-electron chi connectivity index (χ0n) is 18.5. The van der Waals surface area contributed by atoms with Crippen LogP contribution in [0.2, 0.25) is 0 Å². The van der Waals surface area contributed by atoms with E-state index in [-0.39, 0.29) is 11.7 Å². The summed E-state index contributed by atoms with van der Waals surface area (Å²) in [6.45, 7) is 2.31. The fraction of sp³-hybridized carbons (Fsp3) is 0.120. The maximum absolute atomic E-state index is 13.4. The highest BCUT2D eigenvalue weighted by atomic mass is 32.2. The Morgan fingerprint density at radius 3 is 2.50 bits per heavy atom. The summed E-state index contributed by atoms with van der Waals surface area (Å²) in [7, 11) is 1.30. The van der Waals surface area contributed by atoms with Crippen molar-refractivity contribution in [2.24, 2.45) is 4.99 Å². The maximum Gasteiger partial charge on any atom is 0.315 e. The number of phenolic OH excluding ortho intramolecular Hbond substituents is 1. The fourth-order valence-corrected chi connectivity index (χ4v) is 4.37. The third-order valence-electron chi connectivity index (χ3n) is 5.12. The van der Waals surface area contributed by atoms with Crippen LogP contribution in [0.25, 0.3) is 6.08 Å². The van der Waals surface area contributed by atoms with Crippen LogP contribution >= 0.6 is 11.8 Å². The second kappa shape index (κ2) is 9.80. The Hall–Kier alpha value is -4.11. The minimum absolute atomic E-state index is 0.0498. The largest absolute Gasteiger partial charge is 0.500 e. The first kappa shape index (κ1) is 23.1. The molecule has 0 saturated carbocycles. The lowest BCUT2D eigenvalue weighted by molar-refractivity contribution is -0.386. The van der Waals surface area contributed by atoms with Gasteiger partial charge in [0.25, 0.3) is 5.91 Å². The van der Waals surface area contributed by atoms with Gasteiger partial charge in [-0.1, -0.05) is 48.0 Å². The highest BCUT2D eigenvalue weighted by molar-refractivity contribution is 8.18. The molecule has 0 aliphatic carbocycles. The number of carbonyl (C=O) groups is 1. The first-order valence-electron chi connectivity index (χ1n) is 10.3. The third kappa shape index (κ3) is 4.94. The monoisotopic (exact) mass is 475 g/mol. The van der Waals surface area contributed by atoms with Crippen molar-refractivity contribution in [1.82, 2.24) is 4.90 Å². The summed E-state index contributed by atoms with van der Waals surface area (Å²) in [5, 5.41) is 21.9. The lowest BCUT2D eigenvalue weighted by atomic mass is 10.1. The smallest absolute Gasteiger partial charge is 0.315 e. The van der Waals surface area contributed by atoms with E-state index in [0.717, 1.165) is 11.1 Å². The maximum atomic E-state index is 13.4. The average molecular weight is 476 g/mol. The number of hydrogen-bond donors (Lipinski definition) is 1. The summed E-state index contributed by atoms with van der Waals surface area (Å²) in [6.07, 6.45) is 1.54. The molecule has 0 unspecified atom stereocenters. The Labute approximate surface area is 200 Å². The normalized spacial score (nSPS) is 15.8. The first-order chi connectivity index (χ1) is 16.4. The molecule has 34 heavy (non-hydrogen) atoms. The number of thioether (sulfide) groups is 1. The van der Waals surface area contributed by atoms with Gasteiger partial charge in [-0.15, -0.1) is 0 Å². The second-order valence-electron chi connectivity index (χ2n) is 7.57. The van der Waals surface area contributed by atoms with E-state index in [1.807, 2.05) is 61.5 Å². The number of benzene rings is 3. The number of methoxy groups -OCH3 is 1. The Morgan fingerprint density at radius 2 is 1.85 bits per heavy atom. The number of aliphatic imine (C=N–C) groups is 1. The van der Waals surface area contributed by atoms with E-state index in [0.29, 0.717) is 27.9 Å². The fourth-order valence-electron chi connectivity index (χ4n) is 3.37. The molecule has 1 amide bonds. The predicted molar refractivity (Wildman–Crippen MR) is 132 cm³/mol. The van der Waals surface area contributed by atoms with Crippen LogP contribution in [0.5, 0.6) is 11.5 Å². The molecule has 0 atom stereocenters. The van der Waals surface area contributed by atoms with Gasteiger partial charge in [-0.2, -0.15) is 0 Å². The van der Waals surface area contributed by atoms with Gasteiger partial charge in [0.1, 0.15) is 0 Å². The summed E-state index contributed by atoms with van der Waals surface area (Å²) >= 11 is 1.19. The SMILES string of the molecule is COc1cc(C=C2SC(=Nc3ccc(C)cc3)N(Cc3ccccc3)C2=O)cc([N+](=O)[O-])c1O. The molecule has 1 aliphatic rings. The van der Waals surface area contributed by atoms with Gasteiger partial charge >= 0.3 is 5.69 Å². The number of amides is 1. The summed E-state index contributed by atoms with van der Waals surface area (Å²) < 4.78 is 5.07. The van der Waals surface area contributed by atoms with E-state index in [9.17, 15) is 20.0 Å². The molecular formula is C25H21N3O5S. The number of amidine groups is 1. The second-order valence-corrected chi connectivity index (χ2v) is 8.57. The number of carbonyl (C=O) groups excluding carboxylic acids is 1. The number of nitro groups is 1. The third-order valence-corrected chi connectivity index (χ3v) is 6.13. The van der Waals surface area contributed by atoms with Crippen molar-refractivity contribution in [3.05, 3.63) is 98.4 Å². The summed E-state index contributed by atoms with van der Waals surface area (Å²) in [4.78, 5) is 30.6. The summed E-state index contributed by atoms with van der Waals surface area (Å²) in [5.41, 5.74) is 2.60. The zero-order chi connectivity index (χ0) is 24.2. The highest BCUT2D eigenvalue weighted by Crippen LogP contribution is 2.40. The number of hydrogen-bond acceptors (Lipinski definition) is 7. The van der Waals surface area contributed by atoms with E-state index < -0.39 is 16.4 Å². The molecule has 1 N–H and O–H groups in total. The molecule has 1 fully saturated rings. The van der Waals surface area contributed by atoms with Crippen molar-refractivity contribution in [3.63, 3.8) is 0 Å². The van der Waals surface area contributed by atoms with Crippen LogP contribution in [0.3, 0.4) is 0 Å². The molecule has 1 heterocycles. The molecular weight excluding hydrogens is 454 g/mol. The van der Waals surface area contributed by atoms with E-state index >= 15 is 0 Å². The van der Waals surface area contributed by atoms with Gasteiger partial charge in [-0.25, -0.2) is 4.99 Å². The van der Waals surface area contributed by atoms with E-state index in [2.05, 4.69) is 4.99 Å². The molecule has 0 spiro atoms. The van der Waals surface area contributed by atoms with Gasteiger partial charge in [-0.3, -0.25) is 19.8 Å². The molecule has 4 rings (SSSR count). The number of nitro benzene ring substituents is 1. The van der Waals surface area contributed by atoms with E-state index in [4.69, 9.17) is 4.74 Å². The first-order valence-corrected chi connectivity index (χ1v) is 11.1. The number of aryl methyl sites for hydroxylation is 1. The van der Waals surface area contributed by atoms with E-state index in [1.54, 1.807) is 4.90 Å². The topological polar surface area (TPSA) is 105 Å². The number of rotatable bonds is 6. The number of nitrogens with zero attached hydrogens (tertiary/aromatic N) is 3. The predicted octanol–water partition coefficient (Wildman–Crippen LogP) is 5.42. The number of aromatic hydroxyl groups is 1. The van der Waals surface area contributed by atoms with Gasteiger partial charge in [-0.05, 0) is 54.1 Å². The minimum Gasteiger partial charge on any atom is -0.500 e. The molecule has 8 nitrogen and oxygen atoms in total. The molecule has 3 aromatic rings. The van der Waals surface area contributed by atoms with Gasteiger partial charge < -0.3 is 9.84 Å². The van der Waals surface area contributed by atoms with E-state index in [1.165, 1.54) is 37.1 Å². The molecule has 0 aromatic heterocycles. The Bertz CT molecular complexity index is 1300. The highest BCUT2D eigenvalue weighted by Gasteiger charge is 2.34. The number of ether oxygens (including phenoxy) is 1. The van der Waals surface area contributed by atoms with Crippen molar-refractivity contribution in [2.45, 2.75) is 13.5 Å². The molecule has 3 aromatic carbocycles. The number of phenols is 1. The Kier molecular flexibility index (Phi) is 6.65. The van der Waals surface area contributed by atoms with Crippen LogP contribution in [-0.2, 0) is 11.3 Å². The van der Waals surface area contributed by atoms with Crippen LogP contribution in [0, 0.1) is 17.0 Å². The van der Waals surface area contributed by atoms with Crippen LogP contribution in [0.1, 0.15) is 16.7 Å². The molecule has 9 heteroatoms. The molecule has 172 valence electrons. The van der Waals surface area contributed by atoms with Crippen molar-refractivity contribution < 1.29 is 19.6 Å². The minimum atomic E-state index is -0.699. The van der Waals surface area contributed by atoms with Crippen LogP contribution in [0.15, 0.2) is 76.6 Å². The lowest BCUT2D eigenvalue weighted by Gasteiger charge is -2.15. The van der Waals surface area contributed by atoms with Crippen molar-refractivity contribution >= 4 is 40.3 Å². The standard InChI is InChI=1S/C25H21N3O5S/c1-16-8-10-19(11-9-16)26-25-27(15-17-6-4-3-5-7-17)24(30)22(34-25)14-18-12-20(28(31)32)23(29)21(13-18)33-2/h3-14,29H,15H2,1-2H3. The van der Waals surface area contributed by atoms with Crippen molar-refractivity contribution in [3.8, 4) is 11.5 Å². The van der Waals surface area contributed by atoms with Crippen LogP contribution in [0.4, 0.5) is 11.4 Å². The quantitative estimate of drug-likeness (QED) is 0.290. The van der Waals surface area contributed by atoms with Gasteiger partial charge in [0.2, 0.25) is 5.75 Å². The van der Waals surface area contributed by atoms with Gasteiger partial charge in [0.05, 0.1) is 29.2 Å². The Morgan fingerprint density at radius 1 is 1.15 bits per heavy atom. The lowest BCUT2D eigenvalue weighted by Crippen LogP contribution is -2.28. The van der Waals surface area contributed by atoms with Gasteiger partial charge in [0.15, 0.2) is 10.9 Å². The molecule has 0 bridgehead atoms. The Balaban J connectivity index is 1.75. The molecule has 1 aliphatic heterocycles. The molecule has 0 radical (unpaired) electrons. The molecule has 1 saturated heterocycles. The van der Waals surface area contributed by atoms with Crippen LogP contribution in [-0.4, -0.2) is 33.1 Å². The average Bonchev–Trinajstić information content (AvgIpc) is 3.10. The van der Waals surface area contributed by atoms with Gasteiger partial charge in [0, 0.05) is 6.07 Å². The zero-order valence-corrected chi connectivity index (χ0v) is 19.3. The van der Waals surface area contributed by atoms with Crippen molar-refractivity contribution in [2.75, 3.05) is 7.11 Å².